The van der Waals surface area contributed by atoms with Crippen LogP contribution in [0.4, 0.5) is 11.5 Å². The van der Waals surface area contributed by atoms with Gasteiger partial charge in [0.05, 0.1) is 17.2 Å². The molecule has 2 aliphatic rings. The minimum Gasteiger partial charge on any atom is -0.399 e. The topological polar surface area (TPSA) is 78.8 Å². The normalized spacial score (nSPS) is 23.3. The lowest BCUT2D eigenvalue weighted by Crippen LogP contribution is -2.30. The maximum atomic E-state index is 9.62. The molecule has 1 fully saturated rings. The molecule has 0 radical (unpaired) electrons. The molecule has 1 saturated heterocycles. The van der Waals surface area contributed by atoms with E-state index < -0.39 is 0 Å². The molecule has 0 saturated carbocycles. The molecule has 1 aliphatic carbocycles. The van der Waals surface area contributed by atoms with Gasteiger partial charge in [-0.05, 0) is 81.0 Å². The maximum Gasteiger partial charge on any atom is 0.135 e. The molecule has 32 heavy (non-hydrogen) atoms. The van der Waals surface area contributed by atoms with Crippen LogP contribution in [0.2, 0.25) is 0 Å². The van der Waals surface area contributed by atoms with E-state index in [4.69, 9.17) is 15.7 Å². The van der Waals surface area contributed by atoms with Crippen LogP contribution in [0.3, 0.4) is 0 Å². The average molecular weight is 432 g/mol. The van der Waals surface area contributed by atoms with Gasteiger partial charge >= 0.3 is 0 Å². The molecular formula is C27H37N5. The number of hydrogen-bond donors (Lipinski definition) is 1. The van der Waals surface area contributed by atoms with E-state index in [1.54, 1.807) is 0 Å². The van der Waals surface area contributed by atoms with E-state index in [0.717, 1.165) is 88.2 Å². The zero-order valence-corrected chi connectivity index (χ0v) is 20.0. The van der Waals surface area contributed by atoms with Crippen LogP contribution < -0.4 is 10.6 Å². The molecule has 0 amide bonds. The number of aromatic nitrogens is 2. The molecule has 1 aromatic heterocycles. The van der Waals surface area contributed by atoms with Crippen LogP contribution in [-0.2, 0) is 25.7 Å². The minimum absolute atomic E-state index is 0.219. The number of nitrogens with two attached hydrogens (primary N) is 1. The summed E-state index contributed by atoms with van der Waals surface area (Å²) in [7, 11) is 0. The van der Waals surface area contributed by atoms with Crippen molar-refractivity contribution >= 4 is 11.5 Å². The third-order valence-electron chi connectivity index (χ3n) is 7.40. The molecule has 2 heterocycles. The first-order valence-electron chi connectivity index (χ1n) is 12.4. The summed E-state index contributed by atoms with van der Waals surface area (Å²) in [6, 6.07) is 9.00. The van der Waals surface area contributed by atoms with Gasteiger partial charge in [0, 0.05) is 30.8 Å². The Morgan fingerprint density at radius 3 is 2.81 bits per heavy atom. The minimum atomic E-state index is -0.219. The molecule has 4 rings (SSSR count). The molecule has 1 aromatic carbocycles. The van der Waals surface area contributed by atoms with Crippen molar-refractivity contribution in [1.29, 1.82) is 5.26 Å². The number of nitrogen functional groups attached to an aromatic ring is 1. The Balaban J connectivity index is 1.66. The number of hydrogen-bond acceptors (Lipinski definition) is 5. The summed E-state index contributed by atoms with van der Waals surface area (Å²) in [6.45, 7) is 8.35. The Morgan fingerprint density at radius 1 is 1.22 bits per heavy atom. The van der Waals surface area contributed by atoms with Gasteiger partial charge in [-0.1, -0.05) is 26.3 Å². The smallest absolute Gasteiger partial charge is 0.135 e. The SMILES string of the molecule is CCCc1ccc(N)cc1C1CCc2c(nc(CC)nc2N2CCCC(C)(C#N)CC2)C1. The summed E-state index contributed by atoms with van der Waals surface area (Å²) in [6.07, 6.45) is 9.06. The van der Waals surface area contributed by atoms with Crippen molar-refractivity contribution in [2.24, 2.45) is 5.41 Å². The molecule has 5 nitrogen and oxygen atoms in total. The van der Waals surface area contributed by atoms with Gasteiger partial charge in [-0.2, -0.15) is 5.26 Å². The number of rotatable bonds is 5. The van der Waals surface area contributed by atoms with Crippen molar-refractivity contribution in [3.05, 3.63) is 46.4 Å². The largest absolute Gasteiger partial charge is 0.399 e. The molecule has 2 aromatic rings. The molecule has 170 valence electrons. The predicted molar refractivity (Wildman–Crippen MR) is 131 cm³/mol. The lowest BCUT2D eigenvalue weighted by Gasteiger charge is -2.31. The van der Waals surface area contributed by atoms with Crippen molar-refractivity contribution < 1.29 is 0 Å². The zero-order valence-electron chi connectivity index (χ0n) is 20.0. The first-order chi connectivity index (χ1) is 15.5. The van der Waals surface area contributed by atoms with Gasteiger partial charge in [0.25, 0.3) is 0 Å². The average Bonchev–Trinajstić information content (AvgIpc) is 3.01. The van der Waals surface area contributed by atoms with Crippen molar-refractivity contribution in [3.8, 4) is 6.07 Å². The predicted octanol–water partition coefficient (Wildman–Crippen LogP) is 5.37. The van der Waals surface area contributed by atoms with E-state index in [1.807, 2.05) is 6.07 Å². The highest BCUT2D eigenvalue weighted by molar-refractivity contribution is 5.53. The van der Waals surface area contributed by atoms with E-state index in [2.05, 4.69) is 43.9 Å². The van der Waals surface area contributed by atoms with Crippen molar-refractivity contribution in [2.75, 3.05) is 23.7 Å². The quantitative estimate of drug-likeness (QED) is 0.644. The van der Waals surface area contributed by atoms with Gasteiger partial charge in [0.15, 0.2) is 0 Å². The Kier molecular flexibility index (Phi) is 6.69. The van der Waals surface area contributed by atoms with Gasteiger partial charge < -0.3 is 10.6 Å². The van der Waals surface area contributed by atoms with Crippen LogP contribution in [0.15, 0.2) is 18.2 Å². The highest BCUT2D eigenvalue weighted by atomic mass is 15.2. The zero-order chi connectivity index (χ0) is 22.7. The van der Waals surface area contributed by atoms with E-state index in [9.17, 15) is 5.26 Å². The summed E-state index contributed by atoms with van der Waals surface area (Å²) in [5, 5.41) is 9.62. The number of benzene rings is 1. The van der Waals surface area contributed by atoms with Crippen molar-refractivity contribution in [2.45, 2.75) is 84.5 Å². The molecule has 0 spiro atoms. The Morgan fingerprint density at radius 2 is 2.06 bits per heavy atom. The number of nitriles is 1. The second-order valence-electron chi connectivity index (χ2n) is 9.90. The summed E-state index contributed by atoms with van der Waals surface area (Å²) < 4.78 is 0. The third kappa shape index (κ3) is 4.60. The summed E-state index contributed by atoms with van der Waals surface area (Å²) >= 11 is 0. The fourth-order valence-corrected chi connectivity index (χ4v) is 5.42. The Labute approximate surface area is 193 Å². The van der Waals surface area contributed by atoms with Crippen molar-refractivity contribution in [1.82, 2.24) is 9.97 Å². The van der Waals surface area contributed by atoms with Crippen molar-refractivity contribution in [3.63, 3.8) is 0 Å². The standard InChI is InChI=1S/C27H37N5/c1-4-7-19-8-10-21(29)17-23(19)20-9-11-22-24(16-20)30-25(5-2)31-26(22)32-14-6-12-27(3,18-28)13-15-32/h8,10,17,20H,4-7,9,11-16,29H2,1-3H3. The fraction of sp³-hybridized carbons (Fsp3) is 0.593. The van der Waals surface area contributed by atoms with Crippen LogP contribution in [0.25, 0.3) is 0 Å². The second kappa shape index (κ2) is 9.48. The Bertz CT molecular complexity index is 1010. The van der Waals surface area contributed by atoms with E-state index in [0.29, 0.717) is 5.92 Å². The van der Waals surface area contributed by atoms with Crippen LogP contribution in [0.1, 0.15) is 87.0 Å². The first kappa shape index (κ1) is 22.6. The Hall–Kier alpha value is -2.61. The molecule has 1 aliphatic heterocycles. The van der Waals surface area contributed by atoms with Crippen LogP contribution in [0.5, 0.6) is 0 Å². The van der Waals surface area contributed by atoms with E-state index in [-0.39, 0.29) is 5.41 Å². The number of fused-ring (bicyclic) bond motifs is 1. The lowest BCUT2D eigenvalue weighted by molar-refractivity contribution is 0.393. The molecule has 5 heteroatoms. The molecule has 2 unspecified atom stereocenters. The summed E-state index contributed by atoms with van der Waals surface area (Å²) in [4.78, 5) is 12.5. The summed E-state index contributed by atoms with van der Waals surface area (Å²) in [5.74, 6) is 2.54. The second-order valence-corrected chi connectivity index (χ2v) is 9.90. The number of aryl methyl sites for hydroxylation is 2. The first-order valence-corrected chi connectivity index (χ1v) is 12.4. The van der Waals surface area contributed by atoms with E-state index in [1.165, 1.54) is 22.4 Å². The van der Waals surface area contributed by atoms with Gasteiger partial charge in [-0.3, -0.25) is 0 Å². The molecule has 2 atom stereocenters. The van der Waals surface area contributed by atoms with E-state index >= 15 is 0 Å². The molecular weight excluding hydrogens is 394 g/mol. The van der Waals surface area contributed by atoms with Gasteiger partial charge in [-0.25, -0.2) is 9.97 Å². The van der Waals surface area contributed by atoms with Gasteiger partial charge in [0.1, 0.15) is 11.6 Å². The molecule has 0 bridgehead atoms. The molecule has 2 N–H and O–H groups in total. The number of anilines is 2. The highest BCUT2D eigenvalue weighted by Crippen LogP contribution is 2.39. The third-order valence-corrected chi connectivity index (χ3v) is 7.40. The van der Waals surface area contributed by atoms with Gasteiger partial charge in [-0.15, -0.1) is 0 Å². The lowest BCUT2D eigenvalue weighted by atomic mass is 9.80. The van der Waals surface area contributed by atoms with Crippen LogP contribution in [0, 0.1) is 16.7 Å². The highest BCUT2D eigenvalue weighted by Gasteiger charge is 2.32. The number of nitrogens with zero attached hydrogens (tertiary/aromatic N) is 4. The fourth-order valence-electron chi connectivity index (χ4n) is 5.42. The summed E-state index contributed by atoms with van der Waals surface area (Å²) in [5.41, 5.74) is 12.2. The van der Waals surface area contributed by atoms with Crippen LogP contribution in [-0.4, -0.2) is 23.1 Å². The monoisotopic (exact) mass is 431 g/mol. The van der Waals surface area contributed by atoms with Crippen LogP contribution >= 0.6 is 0 Å². The van der Waals surface area contributed by atoms with Gasteiger partial charge in [0.2, 0.25) is 0 Å². The maximum absolute atomic E-state index is 9.62.